The maximum Gasteiger partial charge on any atom is 0.411 e. The van der Waals surface area contributed by atoms with Crippen molar-refractivity contribution in [3.8, 4) is 0 Å². The second kappa shape index (κ2) is 7.71. The summed E-state index contributed by atoms with van der Waals surface area (Å²) in [5.41, 5.74) is 2.75. The number of carbonyl (C=O) groups excluding carboxylic acids is 1. The van der Waals surface area contributed by atoms with Gasteiger partial charge in [0.2, 0.25) is 0 Å². The van der Waals surface area contributed by atoms with Crippen molar-refractivity contribution in [2.75, 3.05) is 13.2 Å². The smallest absolute Gasteiger partial charge is 0.411 e. The molecule has 1 fully saturated rings. The maximum absolute atomic E-state index is 13.3. The summed E-state index contributed by atoms with van der Waals surface area (Å²) in [7, 11) is 0. The molecule has 0 aromatic heterocycles. The molecule has 0 N–H and O–H groups in total. The fourth-order valence-corrected chi connectivity index (χ4v) is 3.91. The molecule has 0 saturated carbocycles. The largest absolute Gasteiger partial charge is 0.445 e. The first-order chi connectivity index (χ1) is 13.1. The highest BCUT2D eigenvalue weighted by molar-refractivity contribution is 6.32. The van der Waals surface area contributed by atoms with Crippen LogP contribution < -0.4 is 0 Å². The lowest BCUT2D eigenvalue weighted by Crippen LogP contribution is -2.56. The molecule has 2 atom stereocenters. The molecule has 2 aromatic carbocycles. The van der Waals surface area contributed by atoms with E-state index in [0.717, 1.165) is 16.7 Å². The summed E-state index contributed by atoms with van der Waals surface area (Å²) < 4.78 is 24.5. The first-order valence-corrected chi connectivity index (χ1v) is 9.22. The van der Waals surface area contributed by atoms with Crippen molar-refractivity contribution in [1.82, 2.24) is 4.90 Å². The molecule has 0 radical (unpaired) electrons. The van der Waals surface area contributed by atoms with Crippen LogP contribution in [0, 0.1) is 5.82 Å². The SMILES string of the molecule is O=C(OCc1ccccc1)N1C2C=C(c3ccc(F)cc3Cl)CC1COC2. The average molecular weight is 388 g/mol. The second-order valence-electron chi connectivity index (χ2n) is 6.73. The van der Waals surface area contributed by atoms with Crippen molar-refractivity contribution in [1.29, 1.82) is 0 Å². The molecule has 1 amide bonds. The van der Waals surface area contributed by atoms with E-state index in [9.17, 15) is 9.18 Å². The van der Waals surface area contributed by atoms with Gasteiger partial charge in [-0.15, -0.1) is 0 Å². The molecule has 0 aliphatic carbocycles. The Balaban J connectivity index is 1.52. The normalized spacial score (nSPS) is 21.6. The molecule has 2 aliphatic heterocycles. The van der Waals surface area contributed by atoms with Crippen LogP contribution in [-0.4, -0.2) is 36.3 Å². The lowest BCUT2D eigenvalue weighted by atomic mass is 9.90. The zero-order valence-corrected chi connectivity index (χ0v) is 15.4. The van der Waals surface area contributed by atoms with Gasteiger partial charge in [-0.1, -0.05) is 54.1 Å². The van der Waals surface area contributed by atoms with Crippen LogP contribution in [0.4, 0.5) is 9.18 Å². The van der Waals surface area contributed by atoms with Gasteiger partial charge in [-0.25, -0.2) is 9.18 Å². The Morgan fingerprint density at radius 1 is 1.22 bits per heavy atom. The third-order valence-electron chi connectivity index (χ3n) is 4.89. The monoisotopic (exact) mass is 387 g/mol. The fourth-order valence-electron chi connectivity index (χ4n) is 3.62. The zero-order chi connectivity index (χ0) is 18.8. The van der Waals surface area contributed by atoms with E-state index in [1.165, 1.54) is 12.1 Å². The van der Waals surface area contributed by atoms with Crippen LogP contribution in [-0.2, 0) is 16.1 Å². The van der Waals surface area contributed by atoms with Crippen LogP contribution in [0.2, 0.25) is 5.02 Å². The van der Waals surface area contributed by atoms with E-state index in [-0.39, 0.29) is 30.6 Å². The fraction of sp³-hybridized carbons (Fsp3) is 0.286. The molecule has 0 spiro atoms. The summed E-state index contributed by atoms with van der Waals surface area (Å²) in [5.74, 6) is -0.366. The molecule has 1 saturated heterocycles. The lowest BCUT2D eigenvalue weighted by molar-refractivity contribution is -0.0342. The number of ether oxygens (including phenoxy) is 2. The van der Waals surface area contributed by atoms with Crippen LogP contribution in [0.25, 0.3) is 5.57 Å². The highest BCUT2D eigenvalue weighted by Gasteiger charge is 2.39. The number of carbonyl (C=O) groups is 1. The number of rotatable bonds is 3. The van der Waals surface area contributed by atoms with Gasteiger partial charge in [0.25, 0.3) is 0 Å². The maximum atomic E-state index is 13.3. The summed E-state index contributed by atoms with van der Waals surface area (Å²) >= 11 is 6.22. The van der Waals surface area contributed by atoms with Crippen LogP contribution in [0.15, 0.2) is 54.6 Å². The van der Waals surface area contributed by atoms with Gasteiger partial charge in [0.05, 0.1) is 30.3 Å². The van der Waals surface area contributed by atoms with Gasteiger partial charge < -0.3 is 9.47 Å². The van der Waals surface area contributed by atoms with Crippen molar-refractivity contribution in [3.63, 3.8) is 0 Å². The van der Waals surface area contributed by atoms with Crippen molar-refractivity contribution in [2.24, 2.45) is 0 Å². The van der Waals surface area contributed by atoms with E-state index >= 15 is 0 Å². The first kappa shape index (κ1) is 18.0. The molecular weight excluding hydrogens is 369 g/mol. The van der Waals surface area contributed by atoms with Crippen LogP contribution >= 0.6 is 11.6 Å². The second-order valence-corrected chi connectivity index (χ2v) is 7.13. The van der Waals surface area contributed by atoms with E-state index in [1.807, 2.05) is 36.4 Å². The summed E-state index contributed by atoms with van der Waals surface area (Å²) in [5, 5.41) is 0.375. The summed E-state index contributed by atoms with van der Waals surface area (Å²) in [6.45, 7) is 1.07. The Labute approximate surface area is 162 Å². The number of hydrogen-bond acceptors (Lipinski definition) is 3. The number of fused-ring (bicyclic) bond motifs is 2. The van der Waals surface area contributed by atoms with Gasteiger partial charge in [0.1, 0.15) is 12.4 Å². The van der Waals surface area contributed by atoms with Gasteiger partial charge in [-0.2, -0.15) is 0 Å². The minimum Gasteiger partial charge on any atom is -0.445 e. The van der Waals surface area contributed by atoms with Gasteiger partial charge in [-0.05, 0) is 35.3 Å². The van der Waals surface area contributed by atoms with Gasteiger partial charge in [-0.3, -0.25) is 4.90 Å². The Bertz CT molecular complexity index is 871. The first-order valence-electron chi connectivity index (χ1n) is 8.84. The number of amides is 1. The minimum atomic E-state index is -0.366. The lowest BCUT2D eigenvalue weighted by Gasteiger charge is -2.43. The van der Waals surface area contributed by atoms with Gasteiger partial charge in [0.15, 0.2) is 0 Å². The van der Waals surface area contributed by atoms with Crippen molar-refractivity contribution >= 4 is 23.3 Å². The highest BCUT2D eigenvalue weighted by atomic mass is 35.5. The van der Waals surface area contributed by atoms with Crippen molar-refractivity contribution < 1.29 is 18.7 Å². The molecule has 27 heavy (non-hydrogen) atoms. The molecule has 140 valence electrons. The quantitative estimate of drug-likeness (QED) is 0.768. The van der Waals surface area contributed by atoms with Crippen LogP contribution in [0.1, 0.15) is 17.5 Å². The molecule has 2 aromatic rings. The predicted molar refractivity (Wildman–Crippen MR) is 101 cm³/mol. The predicted octanol–water partition coefficient (Wildman–Crippen LogP) is 4.67. The van der Waals surface area contributed by atoms with E-state index in [4.69, 9.17) is 21.1 Å². The van der Waals surface area contributed by atoms with E-state index in [0.29, 0.717) is 24.7 Å². The Hall–Kier alpha value is -2.37. The molecule has 6 heteroatoms. The van der Waals surface area contributed by atoms with Crippen molar-refractivity contribution in [3.05, 3.63) is 76.6 Å². The number of nitrogens with zero attached hydrogens (tertiary/aromatic N) is 1. The molecule has 2 bridgehead atoms. The minimum absolute atomic E-state index is 0.131. The van der Waals surface area contributed by atoms with E-state index < -0.39 is 0 Å². The topological polar surface area (TPSA) is 38.8 Å². The molecule has 4 rings (SSSR count). The third kappa shape index (κ3) is 3.84. The zero-order valence-electron chi connectivity index (χ0n) is 14.6. The third-order valence-corrected chi connectivity index (χ3v) is 5.20. The Morgan fingerprint density at radius 2 is 2.04 bits per heavy atom. The Morgan fingerprint density at radius 3 is 2.78 bits per heavy atom. The van der Waals surface area contributed by atoms with Crippen LogP contribution in [0.5, 0.6) is 0 Å². The van der Waals surface area contributed by atoms with Crippen LogP contribution in [0.3, 0.4) is 0 Å². The number of halogens is 2. The van der Waals surface area contributed by atoms with E-state index in [2.05, 4.69) is 0 Å². The molecular formula is C21H19ClFNO3. The number of hydrogen-bond donors (Lipinski definition) is 0. The number of morpholine rings is 1. The molecule has 4 nitrogen and oxygen atoms in total. The summed E-state index contributed by atoms with van der Waals surface area (Å²) in [6.07, 6.45) is 2.21. The van der Waals surface area contributed by atoms with Gasteiger partial charge in [0, 0.05) is 0 Å². The van der Waals surface area contributed by atoms with E-state index in [1.54, 1.807) is 11.0 Å². The van der Waals surface area contributed by atoms with Gasteiger partial charge >= 0.3 is 6.09 Å². The summed E-state index contributed by atoms with van der Waals surface area (Å²) in [4.78, 5) is 14.4. The Kier molecular flexibility index (Phi) is 5.14. The molecule has 2 heterocycles. The standard InChI is InChI=1S/C21H19ClFNO3/c22-20-10-16(23)6-7-19(20)15-8-17-12-26-13-18(9-15)24(17)21(25)27-11-14-4-2-1-3-5-14/h1-8,10,17-18H,9,11-13H2. The van der Waals surface area contributed by atoms with Crippen molar-refractivity contribution in [2.45, 2.75) is 25.1 Å². The summed E-state index contributed by atoms with van der Waals surface area (Å²) in [6, 6.07) is 13.6. The number of benzene rings is 2. The molecule has 2 aliphatic rings. The average Bonchev–Trinajstić information content (AvgIpc) is 2.66. The highest BCUT2D eigenvalue weighted by Crippen LogP contribution is 2.36. The molecule has 2 unspecified atom stereocenters.